The molecule has 68 valence electrons. The fourth-order valence-corrected chi connectivity index (χ4v) is 0. The van der Waals surface area contributed by atoms with E-state index in [0.717, 1.165) is 0 Å². The van der Waals surface area contributed by atoms with Gasteiger partial charge in [0.15, 0.2) is 0 Å². The van der Waals surface area contributed by atoms with Gasteiger partial charge in [0.05, 0.1) is 0 Å². The van der Waals surface area contributed by atoms with Gasteiger partial charge in [-0.05, 0) is 6.92 Å². The standard InChI is InChI=1S/C2H6O.C2H4.2Al.3H2O.O/c1-2-3;1-2;;;;;;/h3H,2H2,1H3;1-2H2;;;3*1H2;. The van der Waals surface area contributed by atoms with Crippen molar-refractivity contribution in [3.63, 3.8) is 0 Å². The van der Waals surface area contributed by atoms with E-state index in [2.05, 4.69) is 13.2 Å². The van der Waals surface area contributed by atoms with Crippen LogP contribution in [0.25, 0.3) is 0 Å². The van der Waals surface area contributed by atoms with E-state index in [1.165, 1.54) is 16.2 Å². The van der Waals surface area contributed by atoms with Gasteiger partial charge in [-0.3, -0.25) is 0 Å². The van der Waals surface area contributed by atoms with Gasteiger partial charge in [0.2, 0.25) is 0 Å². The topological polar surface area (TPSA) is 132 Å². The van der Waals surface area contributed by atoms with E-state index >= 15 is 0 Å². The molecule has 0 spiro atoms. The Kier molecular flexibility index (Phi) is 2560. The Bertz CT molecular complexity index is 24.0. The summed E-state index contributed by atoms with van der Waals surface area (Å²) in [5.74, 6) is 0. The second-order valence-corrected chi connectivity index (χ2v) is 0.316. The van der Waals surface area contributed by atoms with Gasteiger partial charge in [-0.2, -0.15) is 0 Å². The molecule has 0 bridgehead atoms. The first-order valence-electron chi connectivity index (χ1n) is 1.76. The molecule has 7 heteroatoms. The quantitative estimate of drug-likeness (QED) is 0.339. The summed E-state index contributed by atoms with van der Waals surface area (Å²) in [7, 11) is 0. The van der Waals surface area contributed by atoms with Gasteiger partial charge in [-0.25, -0.2) is 0 Å². The van der Waals surface area contributed by atoms with Crippen LogP contribution < -0.4 is 0 Å². The average Bonchev–Trinajstić information content (AvgIpc) is 1.78. The molecule has 11 heavy (non-hydrogen) atoms. The van der Waals surface area contributed by atoms with Crippen molar-refractivity contribution in [2.24, 2.45) is 0 Å². The number of aliphatic hydroxyl groups is 1. The normalized spacial score (nSPS) is 2.27. The molecule has 0 rings (SSSR count). The zero-order valence-corrected chi connectivity index (χ0v) is 8.94. The van der Waals surface area contributed by atoms with Gasteiger partial charge in [0.25, 0.3) is 0 Å². The van der Waals surface area contributed by atoms with Gasteiger partial charge in [-0.1, -0.05) is 0 Å². The van der Waals surface area contributed by atoms with Crippen molar-refractivity contribution in [1.29, 1.82) is 0 Å². The second kappa shape index (κ2) is 446. The third-order valence-corrected chi connectivity index (χ3v) is 0. The van der Waals surface area contributed by atoms with Crippen LogP contribution in [0.1, 0.15) is 6.92 Å². The average molecular weight is 198 g/mol. The van der Waals surface area contributed by atoms with E-state index < -0.39 is 0 Å². The van der Waals surface area contributed by atoms with Crippen LogP contribution in [0.2, 0.25) is 0 Å². The molecular weight excluding hydrogens is 182 g/mol. The van der Waals surface area contributed by atoms with Crippen LogP contribution in [0, 0.1) is 0 Å². The van der Waals surface area contributed by atoms with Gasteiger partial charge < -0.3 is 21.5 Å². The molecule has 0 atom stereocenters. The molecule has 4 radical (unpaired) electrons. The van der Waals surface area contributed by atoms with E-state index in [-0.39, 0.29) is 40.4 Å². The molecule has 0 saturated heterocycles. The summed E-state index contributed by atoms with van der Waals surface area (Å²) in [6.45, 7) is 7.93. The molecule has 0 aliphatic heterocycles. The Morgan fingerprint density at radius 2 is 1.18 bits per heavy atom. The summed E-state index contributed by atoms with van der Waals surface area (Å²) >= 11 is 1.17. The predicted octanol–water partition coefficient (Wildman–Crippen LogP) is -2.55. The molecule has 0 fully saturated rings. The van der Waals surface area contributed by atoms with Crippen LogP contribution in [0.4, 0.5) is 0 Å². The van der Waals surface area contributed by atoms with Crippen molar-refractivity contribution in [3.05, 3.63) is 13.2 Å². The monoisotopic (exact) mass is 198 g/mol. The Morgan fingerprint density at radius 3 is 1.18 bits per heavy atom. The van der Waals surface area contributed by atoms with E-state index in [4.69, 9.17) is 8.91 Å². The molecule has 0 aromatic rings. The van der Waals surface area contributed by atoms with Crippen LogP contribution in [0.5, 0.6) is 0 Å². The summed E-state index contributed by atoms with van der Waals surface area (Å²) in [5, 5.41) is 7.57. The Labute approximate surface area is 85.8 Å². The summed E-state index contributed by atoms with van der Waals surface area (Å²) in [4.78, 5) is 0. The van der Waals surface area contributed by atoms with E-state index in [9.17, 15) is 0 Å². The number of hydrogen-bond donors (Lipinski definition) is 1. The Hall–Kier alpha value is 0.445. The molecule has 0 heterocycles. The number of rotatable bonds is 0. The van der Waals surface area contributed by atoms with Crippen molar-refractivity contribution in [1.82, 2.24) is 0 Å². The van der Waals surface area contributed by atoms with E-state index in [1.807, 2.05) is 0 Å². The van der Waals surface area contributed by atoms with Gasteiger partial charge in [0, 0.05) is 24.0 Å². The predicted molar refractivity (Wildman–Crippen MR) is 47.0 cm³/mol. The summed E-state index contributed by atoms with van der Waals surface area (Å²) in [6, 6.07) is 0. The molecular formula is C4H16Al2O5. The van der Waals surface area contributed by atoms with Crippen molar-refractivity contribution in [2.75, 3.05) is 6.61 Å². The van der Waals surface area contributed by atoms with Crippen LogP contribution >= 0.6 is 0 Å². The van der Waals surface area contributed by atoms with Crippen LogP contribution in [0.3, 0.4) is 0 Å². The fraction of sp³-hybridized carbons (Fsp3) is 0.500. The van der Waals surface area contributed by atoms with Crippen molar-refractivity contribution in [2.45, 2.75) is 6.92 Å². The SMILES string of the molecule is C=C.CCO.O.O.O.[Al].[O]=[Al]. The molecule has 0 aromatic heterocycles. The molecule has 7 N–H and O–H groups in total. The van der Waals surface area contributed by atoms with Crippen LogP contribution in [0.15, 0.2) is 13.2 Å². The zero-order valence-electron chi connectivity index (χ0n) is 6.63. The zero-order chi connectivity index (χ0) is 6.71. The van der Waals surface area contributed by atoms with Crippen molar-refractivity contribution in [3.8, 4) is 0 Å². The van der Waals surface area contributed by atoms with Crippen molar-refractivity contribution >= 4 is 33.6 Å². The summed E-state index contributed by atoms with van der Waals surface area (Å²) in [5.41, 5.74) is 0. The first-order chi connectivity index (χ1) is 3.41. The Balaban J connectivity index is -0.00000000378. The second-order valence-electron chi connectivity index (χ2n) is 0.316. The van der Waals surface area contributed by atoms with Gasteiger partial charge >= 0.3 is 20.0 Å². The van der Waals surface area contributed by atoms with Crippen molar-refractivity contribution < 1.29 is 25.3 Å². The van der Waals surface area contributed by atoms with E-state index in [0.29, 0.717) is 0 Å². The molecule has 0 saturated carbocycles. The van der Waals surface area contributed by atoms with Crippen LogP contribution in [-0.2, 0) is 3.80 Å². The summed E-state index contributed by atoms with van der Waals surface area (Å²) in [6.07, 6.45) is 0. The molecule has 0 aliphatic rings. The third-order valence-electron chi connectivity index (χ3n) is 0. The molecule has 0 aliphatic carbocycles. The van der Waals surface area contributed by atoms with E-state index in [1.54, 1.807) is 6.92 Å². The molecule has 0 aromatic carbocycles. The Morgan fingerprint density at radius 1 is 1.18 bits per heavy atom. The first kappa shape index (κ1) is 63.2. The number of aliphatic hydroxyl groups excluding tert-OH is 1. The van der Waals surface area contributed by atoms with Gasteiger partial charge in [-0.15, -0.1) is 13.2 Å². The maximum absolute atomic E-state index is 8.17. The van der Waals surface area contributed by atoms with Crippen LogP contribution in [-0.4, -0.2) is 61.7 Å². The third kappa shape index (κ3) is 3760. The maximum atomic E-state index is 8.17. The first-order valence-corrected chi connectivity index (χ1v) is 2.23. The fourth-order valence-electron chi connectivity index (χ4n) is 0. The van der Waals surface area contributed by atoms with Gasteiger partial charge in [0.1, 0.15) is 0 Å². The summed E-state index contributed by atoms with van der Waals surface area (Å²) < 4.78 is 8.17. The molecule has 5 nitrogen and oxygen atoms in total. The minimum atomic E-state index is 0. The number of hydrogen-bond acceptors (Lipinski definition) is 2. The molecule has 0 unspecified atom stereocenters. The minimum absolute atomic E-state index is 0. The molecule has 0 amide bonds.